The lowest BCUT2D eigenvalue weighted by atomic mass is 9.86. The number of aryl methyl sites for hydroxylation is 5. The van der Waals surface area contributed by atoms with Crippen LogP contribution in [0.25, 0.3) is 89.4 Å². The number of benzene rings is 4. The monoisotopic (exact) mass is 2050 g/mol. The number of nitrogens with zero attached hydrogens (tertiary/aromatic N) is 17. The number of furan rings is 4. The highest BCUT2D eigenvalue weighted by Crippen LogP contribution is 2.43. The smallest absolute Gasteiger partial charge is 0.291 e. The number of hydrogen-bond acceptors (Lipinski definition) is 21. The van der Waals surface area contributed by atoms with Gasteiger partial charge in [-0.25, -0.2) is 29.9 Å². The van der Waals surface area contributed by atoms with E-state index in [0.717, 1.165) is 73.0 Å². The maximum Gasteiger partial charge on any atom is 0.291 e. The lowest BCUT2D eigenvalue weighted by Gasteiger charge is -2.46. The van der Waals surface area contributed by atoms with Crippen LogP contribution in [-0.4, -0.2) is 253 Å². The third kappa shape index (κ3) is 22.3. The molecule has 12 aromatic heterocycles. The van der Waals surface area contributed by atoms with Crippen molar-refractivity contribution in [3.8, 4) is 45.0 Å². The second-order valence-corrected chi connectivity index (χ2v) is 46.7. The summed E-state index contributed by atoms with van der Waals surface area (Å²) >= 11 is 6.08. The van der Waals surface area contributed by atoms with E-state index in [1.54, 1.807) is 88.0 Å². The van der Waals surface area contributed by atoms with Gasteiger partial charge in [-0.3, -0.25) is 53.7 Å². The van der Waals surface area contributed by atoms with Crippen molar-refractivity contribution in [1.82, 2.24) is 105 Å². The van der Waals surface area contributed by atoms with E-state index in [2.05, 4.69) is 240 Å². The van der Waals surface area contributed by atoms with E-state index >= 15 is 0 Å². The third-order valence-electron chi connectivity index (χ3n) is 28.1. The van der Waals surface area contributed by atoms with Gasteiger partial charge in [0, 0.05) is 164 Å². The molecule has 16 heterocycles. The summed E-state index contributed by atoms with van der Waals surface area (Å²) in [5, 5.41) is 20.6. The van der Waals surface area contributed by atoms with Gasteiger partial charge in [-0.2, -0.15) is 15.3 Å². The fourth-order valence-corrected chi connectivity index (χ4v) is 20.0. The van der Waals surface area contributed by atoms with Gasteiger partial charge in [0.1, 0.15) is 51.3 Å². The molecule has 0 atom stereocenters. The van der Waals surface area contributed by atoms with Crippen molar-refractivity contribution >= 4 is 103 Å². The number of rotatable bonds is 12. The van der Waals surface area contributed by atoms with Crippen LogP contribution < -0.4 is 0 Å². The van der Waals surface area contributed by atoms with E-state index in [9.17, 15) is 38.4 Å². The van der Waals surface area contributed by atoms with Crippen LogP contribution >= 0.6 is 11.6 Å². The van der Waals surface area contributed by atoms with Gasteiger partial charge in [0.15, 0.2) is 45.4 Å². The fourth-order valence-electron chi connectivity index (χ4n) is 19.9. The molecule has 16 aromatic rings. The molecule has 4 aromatic carbocycles. The van der Waals surface area contributed by atoms with Crippen molar-refractivity contribution in [2.24, 2.45) is 0 Å². The Morgan fingerprint density at radius 3 is 0.907 bits per heavy atom. The van der Waals surface area contributed by atoms with E-state index in [1.807, 2.05) is 99.6 Å². The van der Waals surface area contributed by atoms with Crippen LogP contribution in [0.3, 0.4) is 0 Å². The minimum absolute atomic E-state index is 0.114. The van der Waals surface area contributed by atoms with Crippen LogP contribution in [0, 0.1) is 34.6 Å². The number of fused-ring (bicyclic) bond motifs is 4. The zero-order valence-electron chi connectivity index (χ0n) is 90.1. The molecule has 0 radical (unpaired) electrons. The summed E-state index contributed by atoms with van der Waals surface area (Å²) in [4.78, 5) is 151. The zero-order chi connectivity index (χ0) is 108. The van der Waals surface area contributed by atoms with E-state index in [4.69, 9.17) is 49.2 Å². The lowest BCUT2D eigenvalue weighted by Crippen LogP contribution is -2.62. The number of pyridine rings is 4. The highest BCUT2D eigenvalue weighted by atomic mass is 35.5. The number of carbonyl (C=O) groups is 8. The standard InChI is InChI=1S/2C30H35N5O3.C29H33N5O3.C27H29ClN6O3/c1-18-8-10-20(11-9-18)22-14-21(29(3,4)5)26-23(33-22)15-25(38-26)28(37)35-13-12-34(17-30(35,6)7)27(36)24-16-31-19(2)32-24;1-18-8-10-20(11-9-18)22-15-21(29(3,4)5)26-23(31-22)16-25(38-26)28(37)35-13-12-34(17-30(35,6)7)27(36)24-14-19(2)32-33-24;1-18-7-9-19(10-8-18)22-15-20(28(2,3)4)25-23(31-22)16-24(37-25)27(36)34-14-13-33(17-29(34,5)6)26(35)21-11-12-30-32-21;1-26(2,3)18-12-19(16-6-8-17(28)9-7-16)31-20-13-21(37-22(18)20)24(35)34-11-10-33(14-27(34,4)5)25(36)23-29-15-30-32-23/h8-11,14-16H,12-13,17H2,1-7H3,(H,31,32);8-11,14-16H,12-13,17H2,1-7H3,(H,32,33);7-12,15-16H,13-14,17H2,1-6H3,(H,30,32);6-9,12-13,15H,10-11,14H2,1-5H3,(H,29,30,32). The molecule has 780 valence electrons. The minimum atomic E-state index is -0.626. The molecule has 33 nitrogen and oxygen atoms in total. The molecular weight excluding hydrogens is 1910 g/mol. The number of imidazole rings is 1. The van der Waals surface area contributed by atoms with E-state index in [-0.39, 0.29) is 97.8 Å². The first-order valence-electron chi connectivity index (χ1n) is 50.7. The quantitative estimate of drug-likeness (QED) is 0.0882. The van der Waals surface area contributed by atoms with Crippen LogP contribution in [0.5, 0.6) is 0 Å². The first-order valence-corrected chi connectivity index (χ1v) is 51.0. The predicted molar refractivity (Wildman–Crippen MR) is 577 cm³/mol. The number of amides is 8. The van der Waals surface area contributed by atoms with Gasteiger partial charge in [0.2, 0.25) is 5.82 Å². The number of piperazine rings is 4. The van der Waals surface area contributed by atoms with Crippen molar-refractivity contribution in [3.05, 3.63) is 278 Å². The predicted octanol–water partition coefficient (Wildman–Crippen LogP) is 21.2. The van der Waals surface area contributed by atoms with Crippen LogP contribution in [-0.2, 0) is 21.7 Å². The van der Waals surface area contributed by atoms with E-state index in [1.165, 1.54) is 23.0 Å². The summed E-state index contributed by atoms with van der Waals surface area (Å²) in [7, 11) is 0. The van der Waals surface area contributed by atoms with Gasteiger partial charge in [0.05, 0.1) is 51.1 Å². The van der Waals surface area contributed by atoms with Crippen molar-refractivity contribution < 1.29 is 56.0 Å². The number of hydrogen-bond donors (Lipinski definition) is 4. The summed E-state index contributed by atoms with van der Waals surface area (Å²) in [6, 6.07) is 50.9. The SMILES string of the molecule is CC(C)(C)c1cc(-c2ccc(Cl)cc2)nc2cc(C(=O)N3CCN(C(=O)c4ncn[nH]4)CC3(C)C)oc12.Cc1ccc(-c2cc(C(C)(C)C)c3oc(C(=O)N4CCN(C(=O)c5cc(C)[nH]n5)CC4(C)C)cc3n2)cc1.Cc1ccc(-c2cc(C(C)(C)C)c3oc(C(=O)N4CCN(C(=O)c5ccn[nH]5)CC4(C)C)cc3n2)cc1.Cc1ccc(-c2cc(C(C)(C)C)c3oc(C(=O)N4CCN(C(=O)c5cnc(C)[nH]5)CC4(C)C)cc3n2)cc1. The van der Waals surface area contributed by atoms with Crippen LogP contribution in [0.2, 0.25) is 5.02 Å². The Morgan fingerprint density at radius 2 is 0.640 bits per heavy atom. The van der Waals surface area contributed by atoms with Crippen molar-refractivity contribution in [3.63, 3.8) is 0 Å². The van der Waals surface area contributed by atoms with Crippen molar-refractivity contribution in [2.45, 2.75) is 217 Å². The Hall–Kier alpha value is -15.5. The summed E-state index contributed by atoms with van der Waals surface area (Å²) in [5.41, 5.74) is 18.8. The normalized spacial score (nSPS) is 15.8. The number of aromatic nitrogens is 13. The molecule has 4 saturated heterocycles. The Balaban J connectivity index is 0.000000136. The molecule has 0 unspecified atom stereocenters. The Labute approximate surface area is 877 Å². The lowest BCUT2D eigenvalue weighted by molar-refractivity contribution is 0.0146. The number of H-pyrrole nitrogens is 4. The van der Waals surface area contributed by atoms with Crippen molar-refractivity contribution in [1.29, 1.82) is 0 Å². The maximum absolute atomic E-state index is 13.8. The maximum atomic E-state index is 13.8. The van der Waals surface area contributed by atoms with Gasteiger partial charge >= 0.3 is 0 Å². The molecule has 4 aliphatic rings. The molecule has 0 bridgehead atoms. The number of aromatic amines is 4. The molecule has 0 saturated carbocycles. The van der Waals surface area contributed by atoms with Crippen molar-refractivity contribution in [2.75, 3.05) is 78.5 Å². The first-order chi connectivity index (χ1) is 70.5. The average Bonchev–Trinajstić information content (AvgIpc) is 1.62. The minimum Gasteiger partial charge on any atom is -0.449 e. The van der Waals surface area contributed by atoms with Gasteiger partial charge in [-0.1, -0.05) is 196 Å². The number of halogens is 1. The first kappa shape index (κ1) is 106. The zero-order valence-corrected chi connectivity index (χ0v) is 90.9. The molecule has 34 heteroatoms. The van der Waals surface area contributed by atoms with Gasteiger partial charge in [0.25, 0.3) is 47.3 Å². The summed E-state index contributed by atoms with van der Waals surface area (Å²) in [5.74, 6) is 0.436. The second kappa shape index (κ2) is 40.5. The van der Waals surface area contributed by atoms with Crippen LogP contribution in [0.4, 0.5) is 0 Å². The Bertz CT molecular complexity index is 7350. The molecule has 150 heavy (non-hydrogen) atoms. The summed E-state index contributed by atoms with van der Waals surface area (Å²) in [6.07, 6.45) is 4.42. The van der Waals surface area contributed by atoms with Crippen LogP contribution in [0.1, 0.15) is 273 Å². The molecule has 4 N–H and O–H groups in total. The number of carbonyl (C=O) groups excluding carboxylic acids is 8. The van der Waals surface area contributed by atoms with E-state index < -0.39 is 22.2 Å². The highest BCUT2D eigenvalue weighted by molar-refractivity contribution is 6.30. The number of nitrogens with one attached hydrogen (secondary N) is 4. The Morgan fingerprint density at radius 1 is 0.333 bits per heavy atom. The molecule has 8 amide bonds. The van der Waals surface area contributed by atoms with Gasteiger partial charge in [-0.05, 0) is 160 Å². The highest BCUT2D eigenvalue weighted by Gasteiger charge is 2.47. The fraction of sp³-hybridized carbons (Fsp3) is 0.388. The Kier molecular flexibility index (Phi) is 28.6. The van der Waals surface area contributed by atoms with Crippen LogP contribution in [0.15, 0.2) is 194 Å². The third-order valence-corrected chi connectivity index (χ3v) is 28.4. The molecule has 0 aliphatic carbocycles. The summed E-state index contributed by atoms with van der Waals surface area (Å²) < 4.78 is 24.9. The van der Waals surface area contributed by atoms with Gasteiger partial charge in [-0.15, -0.1) is 0 Å². The van der Waals surface area contributed by atoms with Gasteiger partial charge < -0.3 is 61.9 Å². The molecule has 0 spiro atoms. The topological polar surface area (TPSA) is 394 Å². The molecular formula is C116H132ClN21O12. The van der Waals surface area contributed by atoms with E-state index in [0.29, 0.717) is 151 Å². The second-order valence-electron chi connectivity index (χ2n) is 46.2. The molecule has 4 fully saturated rings. The summed E-state index contributed by atoms with van der Waals surface area (Å²) in [6.45, 7) is 55.8. The molecule has 4 aliphatic heterocycles. The largest absolute Gasteiger partial charge is 0.449 e. The average molecular weight is 2050 g/mol. The molecule has 20 rings (SSSR count).